The first-order valence-electron chi connectivity index (χ1n) is 8.99. The second-order valence-electron chi connectivity index (χ2n) is 6.40. The molecule has 8 nitrogen and oxygen atoms in total. The molecule has 0 spiro atoms. The molecule has 3 rings (SSSR count). The number of aromatic amines is 1. The molecule has 1 N–H and O–H groups in total. The van der Waals surface area contributed by atoms with E-state index in [4.69, 9.17) is 9.47 Å². The van der Waals surface area contributed by atoms with Gasteiger partial charge in [0.2, 0.25) is 0 Å². The number of aromatic nitrogens is 2. The number of benzene rings is 1. The number of carbonyl (C=O) groups excluding carboxylic acids is 2. The fraction of sp³-hybridized carbons (Fsp3) is 0.421. The molecule has 1 aromatic carbocycles. The first-order chi connectivity index (χ1) is 13.1. The number of esters is 1. The summed E-state index contributed by atoms with van der Waals surface area (Å²) in [6.45, 7) is 3.50. The number of amides is 1. The minimum atomic E-state index is -0.429. The van der Waals surface area contributed by atoms with Crippen LogP contribution in [0.5, 0.6) is 0 Å². The fourth-order valence-corrected chi connectivity index (χ4v) is 3.03. The fourth-order valence-electron chi connectivity index (χ4n) is 3.03. The number of rotatable bonds is 6. The third-order valence-corrected chi connectivity index (χ3v) is 4.60. The lowest BCUT2D eigenvalue weighted by atomic mass is 10.2. The Morgan fingerprint density at radius 3 is 2.81 bits per heavy atom. The number of carbonyl (C=O) groups is 2. The third kappa shape index (κ3) is 4.58. The minimum absolute atomic E-state index is 0.104. The Hall–Kier alpha value is -3.03. The molecule has 0 bridgehead atoms. The molecule has 27 heavy (non-hydrogen) atoms. The van der Waals surface area contributed by atoms with Crippen molar-refractivity contribution in [3.05, 3.63) is 47.7 Å². The Balaban J connectivity index is 1.52. The topological polar surface area (TPSA) is 87.8 Å². The van der Waals surface area contributed by atoms with Gasteiger partial charge in [-0.25, -0.2) is 9.59 Å². The Labute approximate surface area is 158 Å². The zero-order chi connectivity index (χ0) is 19.2. The Kier molecular flexibility index (Phi) is 5.95. The van der Waals surface area contributed by atoms with Crippen molar-refractivity contribution in [1.82, 2.24) is 15.1 Å². The molecule has 0 unspecified atom stereocenters. The van der Waals surface area contributed by atoms with Crippen LogP contribution >= 0.6 is 0 Å². The first kappa shape index (κ1) is 18.8. The predicted octanol–water partition coefficient (Wildman–Crippen LogP) is 2.43. The number of H-pyrrole nitrogens is 1. The van der Waals surface area contributed by atoms with E-state index in [1.165, 1.54) is 0 Å². The number of ether oxygens (including phenoxy) is 2. The van der Waals surface area contributed by atoms with Crippen molar-refractivity contribution in [2.75, 3.05) is 31.6 Å². The lowest BCUT2D eigenvalue weighted by Gasteiger charge is -2.24. The normalized spacial score (nSPS) is 16.2. The summed E-state index contributed by atoms with van der Waals surface area (Å²) >= 11 is 0. The maximum Gasteiger partial charge on any atom is 0.410 e. The molecule has 0 radical (unpaired) electrons. The molecule has 0 aliphatic carbocycles. The first-order valence-corrected chi connectivity index (χ1v) is 8.99. The van der Waals surface area contributed by atoms with Crippen molar-refractivity contribution >= 4 is 17.9 Å². The standard InChI is InChI=1S/C19H24N4O4/c1-3-26-18(24)16-11-17(21-20-16)22(2)15-9-10-23(12-15)19(25)27-13-14-7-5-4-6-8-14/h4-8,11,15H,3,9-10,12-13H2,1-2H3,(H,20,21)/t15-/m0/s1. The summed E-state index contributed by atoms with van der Waals surface area (Å²) in [5.41, 5.74) is 1.28. The van der Waals surface area contributed by atoms with Gasteiger partial charge in [-0.3, -0.25) is 5.10 Å². The van der Waals surface area contributed by atoms with Crippen molar-refractivity contribution < 1.29 is 19.1 Å². The van der Waals surface area contributed by atoms with E-state index in [1.807, 2.05) is 42.3 Å². The summed E-state index contributed by atoms with van der Waals surface area (Å²) in [6, 6.07) is 11.4. The number of nitrogens with zero attached hydrogens (tertiary/aromatic N) is 3. The second kappa shape index (κ2) is 8.57. The van der Waals surface area contributed by atoms with Crippen molar-refractivity contribution in [3.63, 3.8) is 0 Å². The molecule has 0 saturated carbocycles. The SMILES string of the molecule is CCOC(=O)c1cc(N(C)[C@H]2CCN(C(=O)OCc3ccccc3)C2)n[nH]1. The van der Waals surface area contributed by atoms with Crippen LogP contribution in [0.1, 0.15) is 29.4 Å². The van der Waals surface area contributed by atoms with E-state index in [0.29, 0.717) is 31.2 Å². The van der Waals surface area contributed by atoms with Crippen LogP contribution in [0.3, 0.4) is 0 Å². The summed E-state index contributed by atoms with van der Waals surface area (Å²) in [5.74, 6) is 0.213. The van der Waals surface area contributed by atoms with Gasteiger partial charge in [0.05, 0.1) is 6.61 Å². The van der Waals surface area contributed by atoms with Gasteiger partial charge < -0.3 is 19.3 Å². The predicted molar refractivity (Wildman–Crippen MR) is 99.6 cm³/mol. The molecule has 1 saturated heterocycles. The quantitative estimate of drug-likeness (QED) is 0.784. The van der Waals surface area contributed by atoms with Crippen molar-refractivity contribution in [3.8, 4) is 0 Å². The molecule has 1 fully saturated rings. The van der Waals surface area contributed by atoms with Crippen LogP contribution in [0, 0.1) is 0 Å². The number of hydrogen-bond donors (Lipinski definition) is 1. The highest BCUT2D eigenvalue weighted by Crippen LogP contribution is 2.21. The Morgan fingerprint density at radius 1 is 1.30 bits per heavy atom. The van der Waals surface area contributed by atoms with Crippen LogP contribution in [0.25, 0.3) is 0 Å². The molecule has 1 aliphatic heterocycles. The molecule has 8 heteroatoms. The highest BCUT2D eigenvalue weighted by atomic mass is 16.6. The van der Waals surface area contributed by atoms with Crippen molar-refractivity contribution in [1.29, 1.82) is 0 Å². The van der Waals surface area contributed by atoms with Crippen molar-refractivity contribution in [2.24, 2.45) is 0 Å². The van der Waals surface area contributed by atoms with Crippen LogP contribution in [-0.2, 0) is 16.1 Å². The summed E-state index contributed by atoms with van der Waals surface area (Å²) in [5, 5.41) is 6.87. The molecule has 144 valence electrons. The number of nitrogens with one attached hydrogen (secondary N) is 1. The van der Waals surface area contributed by atoms with Crippen LogP contribution in [0.2, 0.25) is 0 Å². The lowest BCUT2D eigenvalue weighted by molar-refractivity contribution is 0.0519. The molecule has 1 aromatic heterocycles. The summed E-state index contributed by atoms with van der Waals surface area (Å²) in [6.07, 6.45) is 0.488. The molecule has 1 amide bonds. The van der Waals surface area contributed by atoms with Gasteiger partial charge in [-0.1, -0.05) is 30.3 Å². The maximum absolute atomic E-state index is 12.3. The van der Waals surface area contributed by atoms with Crippen LogP contribution in [-0.4, -0.2) is 59.9 Å². The van der Waals surface area contributed by atoms with Gasteiger partial charge in [0.25, 0.3) is 0 Å². The van der Waals surface area contributed by atoms with Crippen LogP contribution in [0.4, 0.5) is 10.6 Å². The van der Waals surface area contributed by atoms with E-state index in [1.54, 1.807) is 17.9 Å². The number of likely N-dealkylation sites (tertiary alicyclic amines) is 1. The summed E-state index contributed by atoms with van der Waals surface area (Å²) in [7, 11) is 1.90. The molecular weight excluding hydrogens is 348 g/mol. The molecule has 2 aromatic rings. The van der Waals surface area contributed by atoms with E-state index in [-0.39, 0.29) is 18.7 Å². The minimum Gasteiger partial charge on any atom is -0.461 e. The molecule has 2 heterocycles. The van der Waals surface area contributed by atoms with Gasteiger partial charge in [-0.2, -0.15) is 5.10 Å². The van der Waals surface area contributed by atoms with Crippen LogP contribution in [0.15, 0.2) is 36.4 Å². The monoisotopic (exact) mass is 372 g/mol. The second-order valence-corrected chi connectivity index (χ2v) is 6.40. The lowest BCUT2D eigenvalue weighted by Crippen LogP contribution is -2.37. The molecule has 1 aliphatic rings. The number of anilines is 1. The number of hydrogen-bond acceptors (Lipinski definition) is 6. The zero-order valence-corrected chi connectivity index (χ0v) is 15.6. The van der Waals surface area contributed by atoms with Gasteiger partial charge in [0, 0.05) is 32.2 Å². The molecule has 1 atom stereocenters. The van der Waals surface area contributed by atoms with Crippen molar-refractivity contribution in [2.45, 2.75) is 26.0 Å². The van der Waals surface area contributed by atoms with Gasteiger partial charge in [-0.05, 0) is 18.9 Å². The van der Waals surface area contributed by atoms with E-state index in [9.17, 15) is 9.59 Å². The number of likely N-dealkylation sites (N-methyl/N-ethyl adjacent to an activating group) is 1. The Morgan fingerprint density at radius 2 is 2.07 bits per heavy atom. The van der Waals surface area contributed by atoms with Gasteiger partial charge in [-0.15, -0.1) is 0 Å². The van der Waals surface area contributed by atoms with Gasteiger partial charge >= 0.3 is 12.1 Å². The summed E-state index contributed by atoms with van der Waals surface area (Å²) in [4.78, 5) is 27.7. The largest absolute Gasteiger partial charge is 0.461 e. The van der Waals surface area contributed by atoms with Gasteiger partial charge in [0.15, 0.2) is 5.82 Å². The molecular formula is C19H24N4O4. The van der Waals surface area contributed by atoms with E-state index >= 15 is 0 Å². The van der Waals surface area contributed by atoms with E-state index in [2.05, 4.69) is 10.2 Å². The van der Waals surface area contributed by atoms with E-state index < -0.39 is 5.97 Å². The third-order valence-electron chi connectivity index (χ3n) is 4.60. The van der Waals surface area contributed by atoms with E-state index in [0.717, 1.165) is 12.0 Å². The van der Waals surface area contributed by atoms with Crippen LogP contribution < -0.4 is 4.90 Å². The smallest absolute Gasteiger partial charge is 0.410 e. The zero-order valence-electron chi connectivity index (χ0n) is 15.6. The highest BCUT2D eigenvalue weighted by Gasteiger charge is 2.31. The van der Waals surface area contributed by atoms with Gasteiger partial charge in [0.1, 0.15) is 12.3 Å². The maximum atomic E-state index is 12.3. The highest BCUT2D eigenvalue weighted by molar-refractivity contribution is 5.88. The summed E-state index contributed by atoms with van der Waals surface area (Å²) < 4.78 is 10.4. The average molecular weight is 372 g/mol. The Bertz CT molecular complexity index is 777. The average Bonchev–Trinajstić information content (AvgIpc) is 3.36.